The molecule has 1 N–H and O–H groups in total. The van der Waals surface area contributed by atoms with Gasteiger partial charge in [0.2, 0.25) is 0 Å². The molecular formula is C10H18BrNO2. The van der Waals surface area contributed by atoms with E-state index >= 15 is 0 Å². The van der Waals surface area contributed by atoms with Crippen LogP contribution in [0.1, 0.15) is 34.1 Å². The van der Waals surface area contributed by atoms with Gasteiger partial charge in [0, 0.05) is 5.33 Å². The zero-order valence-electron chi connectivity index (χ0n) is 9.19. The van der Waals surface area contributed by atoms with Crippen molar-refractivity contribution < 1.29 is 9.53 Å². The number of hydrogen-bond donors (Lipinski definition) is 1. The minimum atomic E-state index is -0.421. The summed E-state index contributed by atoms with van der Waals surface area (Å²) in [7, 11) is 0. The number of rotatable bonds is 2. The molecule has 0 aromatic rings. The van der Waals surface area contributed by atoms with Crippen LogP contribution in [0.5, 0.6) is 0 Å². The molecule has 0 spiro atoms. The van der Waals surface area contributed by atoms with Gasteiger partial charge in [0.1, 0.15) is 5.60 Å². The Balaban J connectivity index is 2.42. The largest absolute Gasteiger partial charge is 0.444 e. The number of amides is 1. The maximum atomic E-state index is 11.5. The first-order valence-electron chi connectivity index (χ1n) is 4.86. The van der Waals surface area contributed by atoms with Gasteiger partial charge in [-0.3, -0.25) is 0 Å². The molecule has 0 unspecified atom stereocenters. The fraction of sp³-hybridized carbons (Fsp3) is 0.900. The van der Waals surface area contributed by atoms with Crippen molar-refractivity contribution >= 4 is 22.0 Å². The third-order valence-electron chi connectivity index (χ3n) is 2.44. The third-order valence-corrected chi connectivity index (χ3v) is 3.44. The Hall–Kier alpha value is -0.250. The molecule has 3 nitrogen and oxygen atoms in total. The van der Waals surface area contributed by atoms with Crippen LogP contribution in [0.15, 0.2) is 0 Å². The molecule has 0 bridgehead atoms. The highest BCUT2D eigenvalue weighted by atomic mass is 79.9. The summed E-state index contributed by atoms with van der Waals surface area (Å²) in [6, 6.07) is 0. The number of nitrogens with one attached hydrogen (secondary N) is 1. The molecule has 1 amide bonds. The molecule has 0 radical (unpaired) electrons. The van der Waals surface area contributed by atoms with Crippen LogP contribution in [0.3, 0.4) is 0 Å². The molecular weight excluding hydrogens is 246 g/mol. The lowest BCUT2D eigenvalue weighted by molar-refractivity contribution is 0.0499. The molecule has 0 saturated heterocycles. The smallest absolute Gasteiger partial charge is 0.408 e. The van der Waals surface area contributed by atoms with E-state index < -0.39 is 5.60 Å². The lowest BCUT2D eigenvalue weighted by Gasteiger charge is -2.23. The van der Waals surface area contributed by atoms with Crippen molar-refractivity contribution in [3.8, 4) is 0 Å². The Kier molecular flexibility index (Phi) is 3.14. The van der Waals surface area contributed by atoms with Crippen LogP contribution in [0, 0.1) is 5.92 Å². The Bertz CT molecular complexity index is 233. The van der Waals surface area contributed by atoms with Crippen molar-refractivity contribution in [1.29, 1.82) is 0 Å². The topological polar surface area (TPSA) is 38.3 Å². The SMILES string of the molecule is C[C@H]1C[C@]1(CBr)NC(=O)OC(C)(C)C. The van der Waals surface area contributed by atoms with E-state index in [1.54, 1.807) is 0 Å². The van der Waals surface area contributed by atoms with Crippen LogP contribution in [0.2, 0.25) is 0 Å². The van der Waals surface area contributed by atoms with Gasteiger partial charge in [0.05, 0.1) is 5.54 Å². The fourth-order valence-electron chi connectivity index (χ4n) is 1.39. The molecule has 0 heterocycles. The lowest BCUT2D eigenvalue weighted by atomic mass is 10.2. The van der Waals surface area contributed by atoms with Gasteiger partial charge < -0.3 is 10.1 Å². The average Bonchev–Trinajstić information content (AvgIpc) is 2.58. The summed E-state index contributed by atoms with van der Waals surface area (Å²) in [4.78, 5) is 11.5. The third kappa shape index (κ3) is 2.87. The molecule has 14 heavy (non-hydrogen) atoms. The van der Waals surface area contributed by atoms with Crippen molar-refractivity contribution in [3.63, 3.8) is 0 Å². The van der Waals surface area contributed by atoms with Gasteiger partial charge in [-0.1, -0.05) is 22.9 Å². The first-order valence-corrected chi connectivity index (χ1v) is 5.98. The molecule has 4 heteroatoms. The van der Waals surface area contributed by atoms with E-state index in [2.05, 4.69) is 28.2 Å². The first kappa shape index (κ1) is 11.8. The van der Waals surface area contributed by atoms with Crippen LogP contribution < -0.4 is 5.32 Å². The zero-order chi connectivity index (χ0) is 11.0. The highest BCUT2D eigenvalue weighted by Crippen LogP contribution is 2.44. The van der Waals surface area contributed by atoms with Crippen LogP contribution >= 0.6 is 15.9 Å². The minimum absolute atomic E-state index is 0.0671. The number of carbonyl (C=O) groups excluding carboxylic acids is 1. The summed E-state index contributed by atoms with van der Waals surface area (Å²) in [5.74, 6) is 0.536. The fourth-order valence-corrected chi connectivity index (χ4v) is 2.31. The van der Waals surface area contributed by atoms with E-state index in [0.717, 1.165) is 11.8 Å². The van der Waals surface area contributed by atoms with E-state index in [1.165, 1.54) is 0 Å². The number of hydrogen-bond acceptors (Lipinski definition) is 2. The van der Waals surface area contributed by atoms with E-state index in [9.17, 15) is 4.79 Å². The van der Waals surface area contributed by atoms with Gasteiger partial charge in [-0.05, 0) is 33.1 Å². The molecule has 0 aromatic heterocycles. The number of halogens is 1. The minimum Gasteiger partial charge on any atom is -0.444 e. The van der Waals surface area contributed by atoms with Gasteiger partial charge in [-0.15, -0.1) is 0 Å². The van der Waals surface area contributed by atoms with Gasteiger partial charge in [0.25, 0.3) is 0 Å². The number of carbonyl (C=O) groups is 1. The summed E-state index contributed by atoms with van der Waals surface area (Å²) in [5, 5.41) is 3.71. The predicted molar refractivity (Wildman–Crippen MR) is 59.7 cm³/mol. The van der Waals surface area contributed by atoms with E-state index in [4.69, 9.17) is 4.74 Å². The molecule has 82 valence electrons. The molecule has 1 aliphatic carbocycles. The van der Waals surface area contributed by atoms with Crippen molar-refractivity contribution in [3.05, 3.63) is 0 Å². The van der Waals surface area contributed by atoms with Crippen LogP contribution in [-0.2, 0) is 4.74 Å². The van der Waals surface area contributed by atoms with Crippen LogP contribution in [-0.4, -0.2) is 22.6 Å². The molecule has 1 aliphatic rings. The monoisotopic (exact) mass is 263 g/mol. The van der Waals surface area contributed by atoms with Crippen molar-refractivity contribution in [2.24, 2.45) is 5.92 Å². The Labute approximate surface area is 93.7 Å². The normalized spacial score (nSPS) is 31.1. The standard InChI is InChI=1S/C10H18BrNO2/c1-7-5-10(7,6-11)12-8(13)14-9(2,3)4/h7H,5-6H2,1-4H3,(H,12,13)/t7-,10+/m0/s1. The maximum Gasteiger partial charge on any atom is 0.408 e. The second-order valence-corrected chi connectivity index (χ2v) is 5.58. The number of alkyl halides is 1. The average molecular weight is 264 g/mol. The molecule has 1 saturated carbocycles. The van der Waals surface area contributed by atoms with E-state index in [1.807, 2.05) is 20.8 Å². The van der Waals surface area contributed by atoms with Crippen molar-refractivity contribution in [2.75, 3.05) is 5.33 Å². The molecule has 1 fully saturated rings. The highest BCUT2D eigenvalue weighted by Gasteiger charge is 2.51. The summed E-state index contributed by atoms with van der Waals surface area (Å²) >= 11 is 3.41. The van der Waals surface area contributed by atoms with E-state index in [0.29, 0.717) is 5.92 Å². The molecule has 0 aromatic carbocycles. The first-order chi connectivity index (χ1) is 6.29. The Morgan fingerprint density at radius 1 is 1.64 bits per heavy atom. The van der Waals surface area contributed by atoms with Gasteiger partial charge in [-0.25, -0.2) is 4.79 Å². The van der Waals surface area contributed by atoms with Crippen LogP contribution in [0.25, 0.3) is 0 Å². The van der Waals surface area contributed by atoms with Crippen molar-refractivity contribution in [2.45, 2.75) is 45.3 Å². The summed E-state index contributed by atoms with van der Waals surface area (Å²) in [6.45, 7) is 7.72. The van der Waals surface area contributed by atoms with Crippen molar-refractivity contribution in [1.82, 2.24) is 5.32 Å². The number of alkyl carbamates (subject to hydrolysis) is 1. The Morgan fingerprint density at radius 3 is 2.43 bits per heavy atom. The summed E-state index contributed by atoms with van der Waals surface area (Å²) < 4.78 is 5.19. The highest BCUT2D eigenvalue weighted by molar-refractivity contribution is 9.09. The molecule has 1 rings (SSSR count). The molecule has 2 atom stereocenters. The summed E-state index contributed by atoms with van der Waals surface area (Å²) in [6.07, 6.45) is 0.707. The predicted octanol–water partition coefficient (Wildman–Crippen LogP) is 2.68. The van der Waals surface area contributed by atoms with Gasteiger partial charge >= 0.3 is 6.09 Å². The quantitative estimate of drug-likeness (QED) is 0.779. The van der Waals surface area contributed by atoms with E-state index in [-0.39, 0.29) is 11.6 Å². The molecule has 0 aliphatic heterocycles. The van der Waals surface area contributed by atoms with Gasteiger partial charge in [0.15, 0.2) is 0 Å². The number of ether oxygens (including phenoxy) is 1. The summed E-state index contributed by atoms with van der Waals surface area (Å²) in [5.41, 5.74) is -0.488. The second-order valence-electron chi connectivity index (χ2n) is 5.02. The lowest BCUT2D eigenvalue weighted by Crippen LogP contribution is -2.42. The Morgan fingerprint density at radius 2 is 2.14 bits per heavy atom. The zero-order valence-corrected chi connectivity index (χ0v) is 10.8. The maximum absolute atomic E-state index is 11.5. The van der Waals surface area contributed by atoms with Crippen LogP contribution in [0.4, 0.5) is 4.79 Å². The second kappa shape index (κ2) is 3.72. The van der Waals surface area contributed by atoms with Gasteiger partial charge in [-0.2, -0.15) is 0 Å².